The molecule has 0 saturated carbocycles. The number of aryl methyl sites for hydroxylation is 1. The third-order valence-corrected chi connectivity index (χ3v) is 2.08. The van der Waals surface area contributed by atoms with Gasteiger partial charge in [-0.15, -0.1) is 5.10 Å². The Labute approximate surface area is 85.8 Å². The van der Waals surface area contributed by atoms with Crippen LogP contribution in [-0.2, 0) is 0 Å². The van der Waals surface area contributed by atoms with E-state index in [4.69, 9.17) is 16.7 Å². The summed E-state index contributed by atoms with van der Waals surface area (Å²) < 4.78 is 1.37. The highest BCUT2D eigenvalue weighted by molar-refractivity contribution is 6.28. The number of nitrogens with zero attached hydrogens (tertiary/aromatic N) is 3. The molecule has 0 aliphatic rings. The van der Waals surface area contributed by atoms with Gasteiger partial charge < -0.3 is 5.11 Å². The van der Waals surface area contributed by atoms with Gasteiger partial charge in [0.1, 0.15) is 0 Å². The van der Waals surface area contributed by atoms with Crippen LogP contribution in [0.3, 0.4) is 0 Å². The number of hydrogen-bond donors (Lipinski definition) is 1. The Balaban J connectivity index is 2.49. The van der Waals surface area contributed by atoms with Gasteiger partial charge in [-0.05, 0) is 30.7 Å². The first-order chi connectivity index (χ1) is 6.66. The second-order valence-electron chi connectivity index (χ2n) is 2.93. The van der Waals surface area contributed by atoms with E-state index in [2.05, 4.69) is 10.1 Å². The summed E-state index contributed by atoms with van der Waals surface area (Å²) in [6, 6.07) is 7.26. The molecular weight excluding hydrogens is 202 g/mol. The monoisotopic (exact) mass is 209 g/mol. The van der Waals surface area contributed by atoms with E-state index in [0.717, 1.165) is 11.3 Å². The highest BCUT2D eigenvalue weighted by atomic mass is 35.5. The van der Waals surface area contributed by atoms with E-state index in [-0.39, 0.29) is 11.3 Å². The summed E-state index contributed by atoms with van der Waals surface area (Å²) in [6.45, 7) is 1.99. The first-order valence-corrected chi connectivity index (χ1v) is 4.43. The van der Waals surface area contributed by atoms with E-state index < -0.39 is 0 Å². The Bertz CT molecular complexity index is 450. The van der Waals surface area contributed by atoms with Gasteiger partial charge >= 0.3 is 6.01 Å². The number of aromatic hydroxyl groups is 1. The molecule has 1 heterocycles. The van der Waals surface area contributed by atoms with Crippen LogP contribution >= 0.6 is 11.6 Å². The SMILES string of the molecule is Cc1ccc(-n2nc(O)nc2Cl)cc1. The second kappa shape index (κ2) is 3.31. The third-order valence-electron chi connectivity index (χ3n) is 1.84. The minimum atomic E-state index is -0.324. The smallest absolute Gasteiger partial charge is 0.334 e. The quantitative estimate of drug-likeness (QED) is 0.781. The molecule has 0 unspecified atom stereocenters. The van der Waals surface area contributed by atoms with Gasteiger partial charge in [0.15, 0.2) is 0 Å². The van der Waals surface area contributed by atoms with Crippen LogP contribution in [0.4, 0.5) is 0 Å². The van der Waals surface area contributed by atoms with Gasteiger partial charge in [0.2, 0.25) is 5.28 Å². The lowest BCUT2D eigenvalue weighted by atomic mass is 10.2. The molecule has 0 aliphatic heterocycles. The normalized spacial score (nSPS) is 10.4. The molecule has 0 atom stereocenters. The van der Waals surface area contributed by atoms with E-state index in [1.54, 1.807) is 0 Å². The molecule has 1 N–H and O–H groups in total. The summed E-state index contributed by atoms with van der Waals surface area (Å²) in [7, 11) is 0. The maximum absolute atomic E-state index is 9.02. The highest BCUT2D eigenvalue weighted by Gasteiger charge is 2.07. The number of rotatable bonds is 1. The summed E-state index contributed by atoms with van der Waals surface area (Å²) in [4.78, 5) is 3.58. The van der Waals surface area contributed by atoms with Gasteiger partial charge in [0.05, 0.1) is 5.69 Å². The molecule has 0 saturated heterocycles. The molecule has 1 aromatic heterocycles. The van der Waals surface area contributed by atoms with E-state index in [1.165, 1.54) is 4.68 Å². The Kier molecular flexibility index (Phi) is 2.13. The maximum Gasteiger partial charge on any atom is 0.334 e. The third kappa shape index (κ3) is 1.56. The zero-order valence-corrected chi connectivity index (χ0v) is 8.23. The van der Waals surface area contributed by atoms with E-state index >= 15 is 0 Å². The van der Waals surface area contributed by atoms with Gasteiger partial charge in [-0.1, -0.05) is 17.7 Å². The van der Waals surface area contributed by atoms with Crippen molar-refractivity contribution in [1.82, 2.24) is 14.8 Å². The Hall–Kier alpha value is -1.55. The molecule has 72 valence electrons. The summed E-state index contributed by atoms with van der Waals surface area (Å²) in [5.74, 6) is 0. The summed E-state index contributed by atoms with van der Waals surface area (Å²) >= 11 is 5.75. The van der Waals surface area contributed by atoms with E-state index in [1.807, 2.05) is 31.2 Å². The predicted octanol–water partition coefficient (Wildman–Crippen LogP) is 1.93. The standard InChI is InChI=1S/C9H8ClN3O/c1-6-2-4-7(5-3-6)13-8(10)11-9(14)12-13/h2-5H,1H3,(H,12,14). The molecule has 5 heteroatoms. The first-order valence-electron chi connectivity index (χ1n) is 4.05. The largest absolute Gasteiger partial charge is 0.478 e. The minimum absolute atomic E-state index is 0.145. The molecule has 2 aromatic rings. The van der Waals surface area contributed by atoms with Crippen molar-refractivity contribution in [2.45, 2.75) is 6.92 Å². The molecule has 14 heavy (non-hydrogen) atoms. The fourth-order valence-corrected chi connectivity index (χ4v) is 1.34. The molecule has 1 aromatic carbocycles. The van der Waals surface area contributed by atoms with Gasteiger partial charge in [-0.2, -0.15) is 9.67 Å². The summed E-state index contributed by atoms with van der Waals surface area (Å²) in [5, 5.41) is 12.9. The lowest BCUT2D eigenvalue weighted by molar-refractivity contribution is 0.430. The molecular formula is C9H8ClN3O. The van der Waals surface area contributed by atoms with Crippen LogP contribution in [0.1, 0.15) is 5.56 Å². The topological polar surface area (TPSA) is 50.9 Å². The van der Waals surface area contributed by atoms with Gasteiger partial charge in [0, 0.05) is 0 Å². The van der Waals surface area contributed by atoms with Crippen molar-refractivity contribution in [3.8, 4) is 11.7 Å². The molecule has 0 spiro atoms. The van der Waals surface area contributed by atoms with Crippen molar-refractivity contribution in [1.29, 1.82) is 0 Å². The fourth-order valence-electron chi connectivity index (χ4n) is 1.13. The van der Waals surface area contributed by atoms with Crippen LogP contribution in [0.2, 0.25) is 5.28 Å². The van der Waals surface area contributed by atoms with Crippen LogP contribution < -0.4 is 0 Å². The second-order valence-corrected chi connectivity index (χ2v) is 3.27. The summed E-state index contributed by atoms with van der Waals surface area (Å²) in [6.07, 6.45) is 0. The van der Waals surface area contributed by atoms with Crippen LogP contribution in [-0.4, -0.2) is 19.9 Å². The molecule has 2 rings (SSSR count). The number of halogens is 1. The van der Waals surface area contributed by atoms with Crippen molar-refractivity contribution in [3.63, 3.8) is 0 Å². The molecule has 0 fully saturated rings. The van der Waals surface area contributed by atoms with Gasteiger partial charge in [-0.25, -0.2) is 0 Å². The number of hydrogen-bond acceptors (Lipinski definition) is 3. The van der Waals surface area contributed by atoms with Crippen molar-refractivity contribution in [2.24, 2.45) is 0 Å². The highest BCUT2D eigenvalue weighted by Crippen LogP contribution is 2.16. The summed E-state index contributed by atoms with van der Waals surface area (Å²) in [5.41, 5.74) is 1.92. The van der Waals surface area contributed by atoms with Crippen LogP contribution in [0.25, 0.3) is 5.69 Å². The average molecular weight is 210 g/mol. The number of benzene rings is 1. The van der Waals surface area contributed by atoms with Crippen molar-refractivity contribution in [3.05, 3.63) is 35.1 Å². The van der Waals surface area contributed by atoms with Crippen LogP contribution in [0.15, 0.2) is 24.3 Å². The molecule has 0 amide bonds. The van der Waals surface area contributed by atoms with Crippen molar-refractivity contribution in [2.75, 3.05) is 0 Å². The minimum Gasteiger partial charge on any atom is -0.478 e. The lowest BCUT2D eigenvalue weighted by Gasteiger charge is -2.00. The van der Waals surface area contributed by atoms with Gasteiger partial charge in [0.25, 0.3) is 0 Å². The molecule has 0 aliphatic carbocycles. The predicted molar refractivity (Wildman–Crippen MR) is 52.8 cm³/mol. The van der Waals surface area contributed by atoms with Crippen molar-refractivity contribution >= 4 is 11.6 Å². The van der Waals surface area contributed by atoms with Crippen LogP contribution in [0, 0.1) is 6.92 Å². The maximum atomic E-state index is 9.02. The number of aromatic nitrogens is 3. The van der Waals surface area contributed by atoms with Gasteiger partial charge in [-0.3, -0.25) is 0 Å². The van der Waals surface area contributed by atoms with E-state index in [9.17, 15) is 0 Å². The zero-order chi connectivity index (χ0) is 10.1. The van der Waals surface area contributed by atoms with Crippen molar-refractivity contribution < 1.29 is 5.11 Å². The van der Waals surface area contributed by atoms with Crippen LogP contribution in [0.5, 0.6) is 6.01 Å². The zero-order valence-electron chi connectivity index (χ0n) is 7.48. The Morgan fingerprint density at radius 1 is 1.29 bits per heavy atom. The molecule has 0 bridgehead atoms. The van der Waals surface area contributed by atoms with E-state index in [0.29, 0.717) is 0 Å². The average Bonchev–Trinajstić information content (AvgIpc) is 2.47. The molecule has 4 nitrogen and oxygen atoms in total. The molecule has 0 radical (unpaired) electrons. The Morgan fingerprint density at radius 3 is 2.43 bits per heavy atom. The first kappa shape index (κ1) is 9.02. The Morgan fingerprint density at radius 2 is 1.93 bits per heavy atom. The lowest BCUT2D eigenvalue weighted by Crippen LogP contribution is -1.95. The fraction of sp³-hybridized carbons (Fsp3) is 0.111.